The molecule has 6 rings (SSSR count). The maximum atomic E-state index is 12.9. The number of aromatic nitrogens is 1. The number of benzene rings is 1. The van der Waals surface area contributed by atoms with Crippen molar-refractivity contribution in [2.24, 2.45) is 23.2 Å². The molecule has 4 fully saturated rings. The van der Waals surface area contributed by atoms with Crippen molar-refractivity contribution in [1.29, 1.82) is 0 Å². The quantitative estimate of drug-likeness (QED) is 0.830. The van der Waals surface area contributed by atoms with Gasteiger partial charge in [-0.25, -0.2) is 0 Å². The Hall–Kier alpha value is -2.43. The van der Waals surface area contributed by atoms with Gasteiger partial charge in [-0.3, -0.25) is 14.6 Å². The topological polar surface area (TPSA) is 71.1 Å². The molecular formula is C23H27N3O2. The summed E-state index contributed by atoms with van der Waals surface area (Å²) in [6, 6.07) is 9.74. The van der Waals surface area contributed by atoms with E-state index in [1.807, 2.05) is 30.3 Å². The fourth-order valence-electron chi connectivity index (χ4n) is 6.23. The smallest absolute Gasteiger partial charge is 0.226 e. The molecule has 28 heavy (non-hydrogen) atoms. The van der Waals surface area contributed by atoms with Crippen LogP contribution in [-0.2, 0) is 9.59 Å². The van der Waals surface area contributed by atoms with E-state index in [0.717, 1.165) is 47.9 Å². The van der Waals surface area contributed by atoms with Crippen molar-refractivity contribution in [3.8, 4) is 0 Å². The highest BCUT2D eigenvalue weighted by atomic mass is 16.2. The molecule has 4 saturated carbocycles. The molecule has 0 aliphatic heterocycles. The van der Waals surface area contributed by atoms with Crippen LogP contribution < -0.4 is 10.6 Å². The second-order valence-corrected chi connectivity index (χ2v) is 9.17. The first-order valence-electron chi connectivity index (χ1n) is 10.5. The molecule has 0 atom stereocenters. The molecule has 0 unspecified atom stereocenters. The molecule has 5 nitrogen and oxygen atoms in total. The molecule has 4 bridgehead atoms. The Labute approximate surface area is 165 Å². The Bertz CT molecular complexity index is 888. The van der Waals surface area contributed by atoms with Gasteiger partial charge in [-0.2, -0.15) is 0 Å². The minimum absolute atomic E-state index is 0.0945. The maximum absolute atomic E-state index is 12.9. The largest absolute Gasteiger partial charge is 0.355 e. The van der Waals surface area contributed by atoms with E-state index in [-0.39, 0.29) is 23.7 Å². The summed E-state index contributed by atoms with van der Waals surface area (Å²) in [5, 5.41) is 6.96. The summed E-state index contributed by atoms with van der Waals surface area (Å²) in [5.74, 6) is 2.34. The van der Waals surface area contributed by atoms with Crippen molar-refractivity contribution in [1.82, 2.24) is 10.3 Å². The van der Waals surface area contributed by atoms with E-state index in [4.69, 9.17) is 0 Å². The van der Waals surface area contributed by atoms with Crippen molar-refractivity contribution in [3.63, 3.8) is 0 Å². The summed E-state index contributed by atoms with van der Waals surface area (Å²) in [5.41, 5.74) is 1.45. The van der Waals surface area contributed by atoms with Gasteiger partial charge in [0.05, 0.1) is 17.4 Å². The Morgan fingerprint density at radius 3 is 2.43 bits per heavy atom. The number of nitrogens with zero attached hydrogens (tertiary/aromatic N) is 1. The average molecular weight is 377 g/mol. The summed E-state index contributed by atoms with van der Waals surface area (Å²) in [6.45, 7) is 0.396. The fraction of sp³-hybridized carbons (Fsp3) is 0.522. The second-order valence-electron chi connectivity index (χ2n) is 9.17. The molecule has 1 heterocycles. The third-order valence-corrected chi connectivity index (χ3v) is 7.03. The molecule has 2 aromatic rings. The van der Waals surface area contributed by atoms with Crippen LogP contribution in [0.2, 0.25) is 0 Å². The zero-order chi connectivity index (χ0) is 19.1. The number of carbonyl (C=O) groups excluding carboxylic acids is 2. The number of nitrogens with one attached hydrogen (secondary N) is 2. The first kappa shape index (κ1) is 17.7. The van der Waals surface area contributed by atoms with Gasteiger partial charge in [0, 0.05) is 23.8 Å². The van der Waals surface area contributed by atoms with Crippen molar-refractivity contribution < 1.29 is 9.59 Å². The van der Waals surface area contributed by atoms with Crippen LogP contribution in [0.5, 0.6) is 0 Å². The molecule has 1 aromatic heterocycles. The van der Waals surface area contributed by atoms with Gasteiger partial charge in [-0.15, -0.1) is 0 Å². The number of pyridine rings is 1. The lowest BCUT2D eigenvalue weighted by Gasteiger charge is -2.55. The number of hydrogen-bond acceptors (Lipinski definition) is 3. The van der Waals surface area contributed by atoms with Crippen LogP contribution in [0.25, 0.3) is 10.9 Å². The zero-order valence-corrected chi connectivity index (χ0v) is 16.1. The van der Waals surface area contributed by atoms with E-state index in [0.29, 0.717) is 12.2 Å². The van der Waals surface area contributed by atoms with Crippen molar-refractivity contribution in [2.75, 3.05) is 11.9 Å². The highest BCUT2D eigenvalue weighted by Crippen LogP contribution is 2.60. The van der Waals surface area contributed by atoms with Crippen molar-refractivity contribution in [2.45, 2.75) is 44.9 Å². The number of hydrogen-bond donors (Lipinski definition) is 2. The van der Waals surface area contributed by atoms with Crippen LogP contribution in [0.3, 0.4) is 0 Å². The van der Waals surface area contributed by atoms with Gasteiger partial charge in [-0.05, 0) is 68.4 Å². The normalized spacial score (nSPS) is 30.4. The molecule has 2 amide bonds. The highest BCUT2D eigenvalue weighted by Gasteiger charge is 2.54. The lowest BCUT2D eigenvalue weighted by Crippen LogP contribution is -2.53. The molecule has 5 heteroatoms. The van der Waals surface area contributed by atoms with Crippen LogP contribution in [0.1, 0.15) is 44.9 Å². The molecule has 0 saturated heterocycles. The first-order valence-corrected chi connectivity index (χ1v) is 10.5. The van der Waals surface area contributed by atoms with E-state index in [2.05, 4.69) is 15.6 Å². The monoisotopic (exact) mass is 377 g/mol. The number of para-hydroxylation sites is 1. The number of rotatable bonds is 5. The number of carbonyl (C=O) groups is 2. The summed E-state index contributed by atoms with van der Waals surface area (Å²) < 4.78 is 0. The lowest BCUT2D eigenvalue weighted by molar-refractivity contribution is -0.146. The number of anilines is 1. The van der Waals surface area contributed by atoms with Crippen LogP contribution in [0, 0.1) is 23.2 Å². The van der Waals surface area contributed by atoms with E-state index in [1.54, 1.807) is 6.20 Å². The summed E-state index contributed by atoms with van der Waals surface area (Å²) in [4.78, 5) is 29.6. The van der Waals surface area contributed by atoms with Crippen LogP contribution in [-0.4, -0.2) is 23.3 Å². The maximum Gasteiger partial charge on any atom is 0.226 e. The van der Waals surface area contributed by atoms with Crippen molar-refractivity contribution >= 4 is 28.4 Å². The average Bonchev–Trinajstić information content (AvgIpc) is 2.67. The minimum atomic E-state index is -0.145. The molecule has 2 N–H and O–H groups in total. The Morgan fingerprint density at radius 2 is 1.71 bits per heavy atom. The summed E-state index contributed by atoms with van der Waals surface area (Å²) in [6.07, 6.45) is 9.11. The minimum Gasteiger partial charge on any atom is -0.355 e. The Kier molecular flexibility index (Phi) is 4.33. The van der Waals surface area contributed by atoms with Crippen LogP contribution in [0.4, 0.5) is 5.69 Å². The Balaban J connectivity index is 1.14. The van der Waals surface area contributed by atoms with Gasteiger partial charge in [0.15, 0.2) is 0 Å². The third-order valence-electron chi connectivity index (χ3n) is 7.03. The van der Waals surface area contributed by atoms with Crippen LogP contribution in [0.15, 0.2) is 36.5 Å². The van der Waals surface area contributed by atoms with E-state index in [1.165, 1.54) is 19.3 Å². The number of fused-ring (bicyclic) bond motifs is 1. The molecule has 1 aromatic carbocycles. The van der Waals surface area contributed by atoms with Gasteiger partial charge < -0.3 is 10.6 Å². The number of amides is 2. The first-order chi connectivity index (χ1) is 13.6. The SMILES string of the molecule is O=C(CCNC(=O)C12CC3CC(CC(C3)C1)C2)Nc1cnc2ccccc2c1. The Morgan fingerprint density at radius 1 is 1.04 bits per heavy atom. The molecule has 0 spiro atoms. The van der Waals surface area contributed by atoms with Gasteiger partial charge in [0.2, 0.25) is 11.8 Å². The second kappa shape index (κ2) is 6.87. The van der Waals surface area contributed by atoms with Gasteiger partial charge in [-0.1, -0.05) is 18.2 Å². The zero-order valence-electron chi connectivity index (χ0n) is 16.1. The summed E-state index contributed by atoms with van der Waals surface area (Å²) >= 11 is 0. The fourth-order valence-corrected chi connectivity index (χ4v) is 6.23. The highest BCUT2D eigenvalue weighted by molar-refractivity contribution is 5.93. The van der Waals surface area contributed by atoms with E-state index < -0.39 is 0 Å². The molecule has 4 aliphatic rings. The molecule has 146 valence electrons. The van der Waals surface area contributed by atoms with Crippen LogP contribution >= 0.6 is 0 Å². The predicted octanol–water partition coefficient (Wildman–Crippen LogP) is 3.90. The predicted molar refractivity (Wildman–Crippen MR) is 109 cm³/mol. The van der Waals surface area contributed by atoms with Gasteiger partial charge in [0.1, 0.15) is 0 Å². The lowest BCUT2D eigenvalue weighted by atomic mass is 9.49. The summed E-state index contributed by atoms with van der Waals surface area (Å²) in [7, 11) is 0. The van der Waals surface area contributed by atoms with Gasteiger partial charge >= 0.3 is 0 Å². The third kappa shape index (κ3) is 3.27. The van der Waals surface area contributed by atoms with E-state index in [9.17, 15) is 9.59 Å². The molecule has 0 radical (unpaired) electrons. The van der Waals surface area contributed by atoms with E-state index >= 15 is 0 Å². The molecular weight excluding hydrogens is 350 g/mol. The molecule has 4 aliphatic carbocycles. The van der Waals surface area contributed by atoms with Crippen molar-refractivity contribution in [3.05, 3.63) is 36.5 Å². The standard InChI is InChI=1S/C23H27N3O2/c27-21(26-19-10-18-3-1-2-4-20(18)25-14-19)5-6-24-22(28)23-11-15-7-16(12-23)9-17(8-15)13-23/h1-4,10,14-17H,5-9,11-13H2,(H,24,28)(H,26,27). The van der Waals surface area contributed by atoms with Gasteiger partial charge in [0.25, 0.3) is 0 Å².